The van der Waals surface area contributed by atoms with Crippen LogP contribution >= 0.6 is 0 Å². The van der Waals surface area contributed by atoms with Crippen molar-refractivity contribution in [2.45, 2.75) is 4.90 Å². The number of aromatic carboxylic acids is 1. The van der Waals surface area contributed by atoms with Crippen LogP contribution in [-0.4, -0.2) is 40.5 Å². The van der Waals surface area contributed by atoms with E-state index in [2.05, 4.69) is 0 Å². The molecule has 0 fully saturated rings. The molecule has 0 aliphatic heterocycles. The highest BCUT2D eigenvalue weighted by Crippen LogP contribution is 2.14. The lowest BCUT2D eigenvalue weighted by molar-refractivity contribution is 0.0692. The Morgan fingerprint density at radius 1 is 1.06 bits per heavy atom. The van der Waals surface area contributed by atoms with E-state index in [4.69, 9.17) is 9.66 Å². The summed E-state index contributed by atoms with van der Waals surface area (Å²) in [4.78, 5) is 9.90. The number of benzene rings is 1. The van der Waals surface area contributed by atoms with Gasteiger partial charge in [0.1, 0.15) is 4.90 Å². The second kappa shape index (κ2) is 6.87. The molecule has 8 nitrogen and oxygen atoms in total. The molecular weight excluding hydrogens is 244 g/mol. The van der Waals surface area contributed by atoms with Gasteiger partial charge in [-0.15, -0.1) is 0 Å². The van der Waals surface area contributed by atoms with Crippen molar-refractivity contribution in [3.05, 3.63) is 29.8 Å². The predicted octanol–water partition coefficient (Wildman–Crippen LogP) is -1.84. The zero-order valence-electron chi connectivity index (χ0n) is 7.84. The Bertz CT molecular complexity index is 437. The fraction of sp³-hybridized carbons (Fsp3) is 0. The SMILES string of the molecule is O.O.O.O=C(O)c1ccccc1S(=O)(=O)O. The van der Waals surface area contributed by atoms with Crippen LogP contribution in [0.15, 0.2) is 29.2 Å². The molecule has 1 aromatic rings. The molecule has 0 aromatic heterocycles. The molecule has 0 aliphatic rings. The average molecular weight is 256 g/mol. The smallest absolute Gasteiger partial charge is 0.337 e. The van der Waals surface area contributed by atoms with E-state index in [0.717, 1.165) is 12.1 Å². The van der Waals surface area contributed by atoms with Gasteiger partial charge < -0.3 is 21.5 Å². The molecule has 94 valence electrons. The van der Waals surface area contributed by atoms with E-state index in [0.29, 0.717) is 0 Å². The van der Waals surface area contributed by atoms with Crippen LogP contribution in [0.25, 0.3) is 0 Å². The van der Waals surface area contributed by atoms with Gasteiger partial charge >= 0.3 is 5.97 Å². The van der Waals surface area contributed by atoms with Crippen LogP contribution in [0, 0.1) is 0 Å². The molecule has 0 aliphatic carbocycles. The first-order chi connectivity index (χ1) is 5.93. The number of rotatable bonds is 2. The summed E-state index contributed by atoms with van der Waals surface area (Å²) in [5.41, 5.74) is -0.440. The van der Waals surface area contributed by atoms with Gasteiger partial charge in [0, 0.05) is 0 Å². The Labute approximate surface area is 90.8 Å². The number of carboxylic acid groups (broad SMARTS) is 1. The van der Waals surface area contributed by atoms with Gasteiger partial charge in [0.05, 0.1) is 5.56 Å². The Balaban J connectivity index is -0.000000563. The maximum Gasteiger partial charge on any atom is 0.337 e. The van der Waals surface area contributed by atoms with Crippen molar-refractivity contribution in [3.63, 3.8) is 0 Å². The fourth-order valence-corrected chi connectivity index (χ4v) is 1.55. The molecule has 0 bridgehead atoms. The van der Waals surface area contributed by atoms with Crippen LogP contribution in [0.2, 0.25) is 0 Å². The minimum absolute atomic E-state index is 0. The molecule has 16 heavy (non-hydrogen) atoms. The third-order valence-corrected chi connectivity index (χ3v) is 2.31. The van der Waals surface area contributed by atoms with Gasteiger partial charge in [0.2, 0.25) is 0 Å². The molecule has 0 radical (unpaired) electrons. The quantitative estimate of drug-likeness (QED) is 0.587. The molecule has 1 aromatic carbocycles. The lowest BCUT2D eigenvalue weighted by atomic mass is 10.2. The molecular formula is C7H12O8S. The van der Waals surface area contributed by atoms with Crippen molar-refractivity contribution in [1.29, 1.82) is 0 Å². The highest BCUT2D eigenvalue weighted by Gasteiger charge is 2.18. The van der Waals surface area contributed by atoms with Crippen molar-refractivity contribution in [1.82, 2.24) is 0 Å². The van der Waals surface area contributed by atoms with Crippen molar-refractivity contribution < 1.29 is 39.3 Å². The Morgan fingerprint density at radius 2 is 1.50 bits per heavy atom. The summed E-state index contributed by atoms with van der Waals surface area (Å²) in [6.07, 6.45) is 0. The monoisotopic (exact) mass is 256 g/mol. The molecule has 0 spiro atoms. The van der Waals surface area contributed by atoms with E-state index < -0.39 is 26.5 Å². The average Bonchev–Trinajstić information content (AvgIpc) is 2.03. The van der Waals surface area contributed by atoms with E-state index >= 15 is 0 Å². The summed E-state index contributed by atoms with van der Waals surface area (Å²) in [7, 11) is -4.46. The second-order valence-corrected chi connectivity index (χ2v) is 3.67. The third kappa shape index (κ3) is 4.33. The lowest BCUT2D eigenvalue weighted by Gasteiger charge is -2.00. The summed E-state index contributed by atoms with van der Waals surface area (Å²) in [6, 6.07) is 4.83. The number of hydrogen-bond donors (Lipinski definition) is 2. The van der Waals surface area contributed by atoms with Gasteiger partial charge in [-0.1, -0.05) is 12.1 Å². The number of carbonyl (C=O) groups is 1. The van der Waals surface area contributed by atoms with Gasteiger partial charge in [-0.25, -0.2) is 4.79 Å². The van der Waals surface area contributed by atoms with Crippen LogP contribution in [0.4, 0.5) is 0 Å². The molecule has 9 heteroatoms. The Hall–Kier alpha value is -1.52. The van der Waals surface area contributed by atoms with Crippen molar-refractivity contribution in [3.8, 4) is 0 Å². The van der Waals surface area contributed by atoms with E-state index in [1.54, 1.807) is 0 Å². The standard InChI is InChI=1S/C7H6O5S.3H2O/c8-7(9)5-3-1-2-4-6(5)13(10,11)12;;;/h1-4H,(H,8,9)(H,10,11,12);3*1H2. The largest absolute Gasteiger partial charge is 0.478 e. The van der Waals surface area contributed by atoms with Gasteiger partial charge in [0.25, 0.3) is 10.1 Å². The summed E-state index contributed by atoms with van der Waals surface area (Å²) in [5, 5.41) is 8.55. The molecule has 0 saturated carbocycles. The maximum atomic E-state index is 10.7. The first-order valence-corrected chi connectivity index (χ1v) is 4.67. The van der Waals surface area contributed by atoms with Crippen LogP contribution in [0.5, 0.6) is 0 Å². The van der Waals surface area contributed by atoms with E-state index in [1.807, 2.05) is 0 Å². The topological polar surface area (TPSA) is 186 Å². The Morgan fingerprint density at radius 3 is 1.81 bits per heavy atom. The third-order valence-electron chi connectivity index (χ3n) is 1.40. The van der Waals surface area contributed by atoms with E-state index in [1.165, 1.54) is 12.1 Å². The van der Waals surface area contributed by atoms with Gasteiger partial charge in [-0.3, -0.25) is 4.55 Å². The molecule has 0 unspecified atom stereocenters. The van der Waals surface area contributed by atoms with Crippen molar-refractivity contribution in [2.75, 3.05) is 0 Å². The van der Waals surface area contributed by atoms with Crippen LogP contribution in [-0.2, 0) is 10.1 Å². The first kappa shape index (κ1) is 20.0. The van der Waals surface area contributed by atoms with Crippen LogP contribution in [0.3, 0.4) is 0 Å². The minimum Gasteiger partial charge on any atom is -0.478 e. The number of carboxylic acids is 1. The highest BCUT2D eigenvalue weighted by molar-refractivity contribution is 7.86. The number of hydrogen-bond acceptors (Lipinski definition) is 3. The van der Waals surface area contributed by atoms with Crippen LogP contribution < -0.4 is 0 Å². The van der Waals surface area contributed by atoms with E-state index in [9.17, 15) is 13.2 Å². The zero-order valence-corrected chi connectivity index (χ0v) is 8.65. The summed E-state index contributed by atoms with van der Waals surface area (Å²) in [5.74, 6) is -1.40. The Kier molecular flexibility index (Phi) is 8.57. The molecule has 0 amide bonds. The van der Waals surface area contributed by atoms with Gasteiger partial charge in [-0.05, 0) is 12.1 Å². The van der Waals surface area contributed by atoms with Crippen molar-refractivity contribution in [2.24, 2.45) is 0 Å². The maximum absolute atomic E-state index is 10.7. The zero-order chi connectivity index (χ0) is 10.1. The van der Waals surface area contributed by atoms with Crippen molar-refractivity contribution >= 4 is 16.1 Å². The van der Waals surface area contributed by atoms with Crippen LogP contribution in [0.1, 0.15) is 10.4 Å². The molecule has 8 N–H and O–H groups in total. The summed E-state index contributed by atoms with van der Waals surface area (Å²) >= 11 is 0. The highest BCUT2D eigenvalue weighted by atomic mass is 32.2. The van der Waals surface area contributed by atoms with Gasteiger partial charge in [-0.2, -0.15) is 8.42 Å². The lowest BCUT2D eigenvalue weighted by Crippen LogP contribution is -2.07. The fourth-order valence-electron chi connectivity index (χ4n) is 0.868. The predicted molar refractivity (Wildman–Crippen MR) is 54.1 cm³/mol. The molecule has 1 rings (SSSR count). The molecule has 0 heterocycles. The normalized spacial score (nSPS) is 9.06. The summed E-state index contributed by atoms with van der Waals surface area (Å²) < 4.78 is 29.9. The molecule has 0 saturated heterocycles. The van der Waals surface area contributed by atoms with E-state index in [-0.39, 0.29) is 16.4 Å². The van der Waals surface area contributed by atoms with Gasteiger partial charge in [0.15, 0.2) is 0 Å². The minimum atomic E-state index is -4.46. The second-order valence-electron chi connectivity index (χ2n) is 2.28. The first-order valence-electron chi connectivity index (χ1n) is 3.23. The summed E-state index contributed by atoms with van der Waals surface area (Å²) in [6.45, 7) is 0. The molecule has 0 atom stereocenters.